The van der Waals surface area contributed by atoms with Gasteiger partial charge in [-0.1, -0.05) is 36.4 Å². The summed E-state index contributed by atoms with van der Waals surface area (Å²) in [6.07, 6.45) is 4.83. The molecule has 5 heteroatoms. The zero-order chi connectivity index (χ0) is 18.6. The second-order valence-corrected chi connectivity index (χ2v) is 6.61. The van der Waals surface area contributed by atoms with E-state index in [9.17, 15) is 4.79 Å². The second-order valence-electron chi connectivity index (χ2n) is 6.61. The van der Waals surface area contributed by atoms with E-state index in [-0.39, 0.29) is 5.97 Å². The molecule has 0 amide bonds. The normalized spacial score (nSPS) is 16.3. The number of aryl methyl sites for hydroxylation is 1. The minimum atomic E-state index is -0.429. The molecule has 0 bridgehead atoms. The molecule has 1 atom stereocenters. The Hall–Kier alpha value is -3.05. The van der Waals surface area contributed by atoms with Crippen LogP contribution in [-0.4, -0.2) is 28.6 Å². The van der Waals surface area contributed by atoms with Crippen LogP contribution < -0.4 is 4.74 Å². The van der Waals surface area contributed by atoms with E-state index in [2.05, 4.69) is 9.97 Å². The predicted molar refractivity (Wildman–Crippen MR) is 102 cm³/mol. The fourth-order valence-corrected chi connectivity index (χ4v) is 3.01. The number of carbonyl (C=O) groups excluding carboxylic acids is 1. The molecule has 1 aliphatic heterocycles. The summed E-state index contributed by atoms with van der Waals surface area (Å²) in [5.41, 5.74) is 4.13. The minimum Gasteiger partial charge on any atom is -0.425 e. The Morgan fingerprint density at radius 1 is 0.963 bits per heavy atom. The Kier molecular flexibility index (Phi) is 4.94. The van der Waals surface area contributed by atoms with Gasteiger partial charge in [-0.05, 0) is 48.6 Å². The van der Waals surface area contributed by atoms with Crippen molar-refractivity contribution in [3.05, 3.63) is 66.5 Å². The molecule has 3 aromatic rings. The van der Waals surface area contributed by atoms with Crippen molar-refractivity contribution in [1.29, 1.82) is 0 Å². The number of hydrogen-bond acceptors (Lipinski definition) is 5. The van der Waals surface area contributed by atoms with E-state index >= 15 is 0 Å². The van der Waals surface area contributed by atoms with Crippen LogP contribution in [0, 0.1) is 6.92 Å². The van der Waals surface area contributed by atoms with E-state index in [1.54, 1.807) is 12.1 Å². The molecule has 1 fully saturated rings. The Morgan fingerprint density at radius 3 is 2.15 bits per heavy atom. The lowest BCUT2D eigenvalue weighted by Crippen LogP contribution is -2.24. The molecular weight excluding hydrogens is 340 g/mol. The van der Waals surface area contributed by atoms with Crippen LogP contribution in [0.4, 0.5) is 0 Å². The Labute approximate surface area is 158 Å². The van der Waals surface area contributed by atoms with Gasteiger partial charge < -0.3 is 9.47 Å². The highest BCUT2D eigenvalue weighted by Gasteiger charge is 2.25. The van der Waals surface area contributed by atoms with Crippen LogP contribution in [0.25, 0.3) is 22.5 Å². The van der Waals surface area contributed by atoms with E-state index < -0.39 is 6.10 Å². The largest absolute Gasteiger partial charge is 0.425 e. The highest BCUT2D eigenvalue weighted by Crippen LogP contribution is 2.25. The van der Waals surface area contributed by atoms with Gasteiger partial charge in [0.2, 0.25) is 0 Å². The van der Waals surface area contributed by atoms with Crippen molar-refractivity contribution in [2.24, 2.45) is 0 Å². The Balaban J connectivity index is 1.45. The number of benzene rings is 2. The third kappa shape index (κ3) is 4.04. The number of carbonyl (C=O) groups is 1. The zero-order valence-corrected chi connectivity index (χ0v) is 15.1. The van der Waals surface area contributed by atoms with Gasteiger partial charge in [-0.3, -0.25) is 0 Å². The first-order valence-electron chi connectivity index (χ1n) is 9.02. The topological polar surface area (TPSA) is 61.3 Å². The number of ether oxygens (including phenoxy) is 2. The van der Waals surface area contributed by atoms with Crippen LogP contribution in [0.2, 0.25) is 0 Å². The molecule has 27 heavy (non-hydrogen) atoms. The van der Waals surface area contributed by atoms with Crippen molar-refractivity contribution < 1.29 is 14.3 Å². The molecule has 0 saturated carbocycles. The van der Waals surface area contributed by atoms with E-state index in [1.165, 1.54) is 0 Å². The van der Waals surface area contributed by atoms with Crippen molar-refractivity contribution >= 4 is 5.97 Å². The lowest BCUT2D eigenvalue weighted by atomic mass is 10.0. The smallest absolute Gasteiger partial charge is 0.340 e. The molecule has 1 aliphatic rings. The Morgan fingerprint density at radius 2 is 1.56 bits per heavy atom. The van der Waals surface area contributed by atoms with Gasteiger partial charge in [0, 0.05) is 24.6 Å². The zero-order valence-electron chi connectivity index (χ0n) is 15.1. The van der Waals surface area contributed by atoms with Crippen molar-refractivity contribution in [1.82, 2.24) is 9.97 Å². The minimum absolute atomic E-state index is 0.317. The van der Waals surface area contributed by atoms with Gasteiger partial charge in [-0.2, -0.15) is 0 Å². The molecule has 1 unspecified atom stereocenters. The van der Waals surface area contributed by atoms with Crippen LogP contribution in [0.3, 0.4) is 0 Å². The summed E-state index contributed by atoms with van der Waals surface area (Å²) in [5, 5.41) is 0. The number of rotatable bonds is 4. The van der Waals surface area contributed by atoms with Gasteiger partial charge in [0.25, 0.3) is 0 Å². The monoisotopic (exact) mass is 360 g/mol. The predicted octanol–water partition coefficient (Wildman–Crippen LogP) is 4.20. The molecule has 0 spiro atoms. The molecular formula is C22H20N2O3. The van der Waals surface area contributed by atoms with Crippen LogP contribution in [-0.2, 0) is 9.53 Å². The summed E-state index contributed by atoms with van der Waals surface area (Å²) in [6, 6.07) is 15.6. The summed E-state index contributed by atoms with van der Waals surface area (Å²) in [4.78, 5) is 20.7. The van der Waals surface area contributed by atoms with Crippen LogP contribution >= 0.6 is 0 Å². The first kappa shape index (κ1) is 17.4. The molecule has 0 radical (unpaired) electrons. The first-order chi connectivity index (χ1) is 13.2. The summed E-state index contributed by atoms with van der Waals surface area (Å²) in [5.74, 6) is 0.926. The third-order valence-electron chi connectivity index (χ3n) is 4.52. The molecule has 2 heterocycles. The SMILES string of the molecule is Cc1cnc(-c2ccc(-c3ccc(OC(=O)C4CCCO4)cc3)cc2)nc1. The van der Waals surface area contributed by atoms with Gasteiger partial charge in [-0.15, -0.1) is 0 Å². The lowest BCUT2D eigenvalue weighted by molar-refractivity contribution is -0.144. The summed E-state index contributed by atoms with van der Waals surface area (Å²) in [7, 11) is 0. The molecule has 0 N–H and O–H groups in total. The first-order valence-corrected chi connectivity index (χ1v) is 9.02. The maximum absolute atomic E-state index is 12.0. The highest BCUT2D eigenvalue weighted by molar-refractivity contribution is 5.78. The summed E-state index contributed by atoms with van der Waals surface area (Å²) >= 11 is 0. The second kappa shape index (κ2) is 7.68. The van der Waals surface area contributed by atoms with Crippen LogP contribution in [0.1, 0.15) is 18.4 Å². The fourth-order valence-electron chi connectivity index (χ4n) is 3.01. The fraction of sp³-hybridized carbons (Fsp3) is 0.227. The van der Waals surface area contributed by atoms with Gasteiger partial charge in [-0.25, -0.2) is 14.8 Å². The van der Waals surface area contributed by atoms with Crippen molar-refractivity contribution in [3.63, 3.8) is 0 Å². The molecule has 1 aromatic heterocycles. The molecule has 136 valence electrons. The maximum atomic E-state index is 12.0. The molecule has 2 aromatic carbocycles. The van der Waals surface area contributed by atoms with E-state index in [1.807, 2.05) is 55.7 Å². The number of esters is 1. The quantitative estimate of drug-likeness (QED) is 0.515. The Bertz CT molecular complexity index is 913. The van der Waals surface area contributed by atoms with Crippen molar-refractivity contribution in [2.45, 2.75) is 25.9 Å². The summed E-state index contributed by atoms with van der Waals surface area (Å²) in [6.45, 7) is 2.59. The molecule has 5 nitrogen and oxygen atoms in total. The number of nitrogens with zero attached hydrogens (tertiary/aromatic N) is 2. The maximum Gasteiger partial charge on any atom is 0.340 e. The molecule has 0 aliphatic carbocycles. The molecule has 1 saturated heterocycles. The van der Waals surface area contributed by atoms with Crippen LogP contribution in [0.15, 0.2) is 60.9 Å². The van der Waals surface area contributed by atoms with E-state index in [0.717, 1.165) is 35.1 Å². The van der Waals surface area contributed by atoms with Crippen molar-refractivity contribution in [3.8, 4) is 28.3 Å². The molecule has 4 rings (SSSR count). The highest BCUT2D eigenvalue weighted by atomic mass is 16.6. The average Bonchev–Trinajstić information content (AvgIpc) is 3.24. The summed E-state index contributed by atoms with van der Waals surface area (Å²) < 4.78 is 10.7. The standard InChI is InChI=1S/C22H20N2O3/c1-15-13-23-21(24-14-15)18-6-4-16(5-7-18)17-8-10-19(11-9-17)27-22(25)20-3-2-12-26-20/h4-11,13-14,20H,2-3,12H2,1H3. The lowest BCUT2D eigenvalue weighted by Gasteiger charge is -2.10. The number of aromatic nitrogens is 2. The van der Waals surface area contributed by atoms with Gasteiger partial charge in [0.1, 0.15) is 5.75 Å². The van der Waals surface area contributed by atoms with Gasteiger partial charge in [0.05, 0.1) is 0 Å². The van der Waals surface area contributed by atoms with Crippen molar-refractivity contribution in [2.75, 3.05) is 6.61 Å². The van der Waals surface area contributed by atoms with E-state index in [4.69, 9.17) is 9.47 Å². The average molecular weight is 360 g/mol. The van der Waals surface area contributed by atoms with E-state index in [0.29, 0.717) is 18.2 Å². The third-order valence-corrected chi connectivity index (χ3v) is 4.52. The van der Waals surface area contributed by atoms with Crippen LogP contribution in [0.5, 0.6) is 5.75 Å². The van der Waals surface area contributed by atoms with Gasteiger partial charge >= 0.3 is 5.97 Å². The number of hydrogen-bond donors (Lipinski definition) is 0. The van der Waals surface area contributed by atoms with Gasteiger partial charge in [0.15, 0.2) is 11.9 Å².